The molecule has 2 aromatic carbocycles. The Morgan fingerprint density at radius 1 is 1.27 bits per heavy atom. The minimum Gasteiger partial charge on any atom is -0.508 e. The highest BCUT2D eigenvalue weighted by atomic mass is 35.5. The minimum atomic E-state index is -0.250. The van der Waals surface area contributed by atoms with Crippen molar-refractivity contribution < 1.29 is 19.8 Å². The Bertz CT molecular complexity index is 761. The minimum absolute atomic E-state index is 0.0111. The number of hydrogen-bond acceptors (Lipinski definition) is 3. The lowest BCUT2D eigenvalue weighted by molar-refractivity contribution is -0.122. The van der Waals surface area contributed by atoms with Gasteiger partial charge in [0, 0.05) is 29.2 Å². The maximum Gasteiger partial charge on any atom is 0.290 e. The van der Waals surface area contributed by atoms with Crippen LogP contribution in [-0.2, 0) is 11.2 Å². The molecule has 0 radical (unpaired) electrons. The summed E-state index contributed by atoms with van der Waals surface area (Å²) >= 11 is 5.92. The quantitative estimate of drug-likeness (QED) is 0.801. The first-order valence-electron chi connectivity index (χ1n) is 8.36. The molecule has 1 unspecified atom stereocenters. The number of amides is 1. The number of hydrogen-bond donors (Lipinski definition) is 2. The van der Waals surface area contributed by atoms with Gasteiger partial charge in [0.1, 0.15) is 5.75 Å². The monoisotopic (exact) mass is 375 g/mol. The van der Waals surface area contributed by atoms with Crippen LogP contribution in [0.1, 0.15) is 27.9 Å². The number of benzene rings is 2. The van der Waals surface area contributed by atoms with Gasteiger partial charge in [-0.1, -0.05) is 29.8 Å². The van der Waals surface area contributed by atoms with Crippen LogP contribution in [0.3, 0.4) is 0 Å². The normalized spacial score (nSPS) is 15.9. The molecule has 1 aliphatic rings. The summed E-state index contributed by atoms with van der Waals surface area (Å²) in [4.78, 5) is 22.9. The fourth-order valence-electron chi connectivity index (χ4n) is 3.16. The molecule has 5 nitrogen and oxygen atoms in total. The van der Waals surface area contributed by atoms with Crippen molar-refractivity contribution in [3.8, 4) is 5.75 Å². The van der Waals surface area contributed by atoms with Gasteiger partial charge in [0.25, 0.3) is 12.4 Å². The molecule has 138 valence electrons. The Kier molecular flexibility index (Phi) is 7.04. The molecule has 6 heteroatoms. The first-order valence-corrected chi connectivity index (χ1v) is 8.74. The average molecular weight is 376 g/mol. The molecule has 0 aliphatic carbocycles. The Morgan fingerprint density at radius 3 is 2.58 bits per heavy atom. The SMILES string of the molecule is Cc1c(O)cccc1C(=O)N1CCC(Cc2ccc(Cl)cc2)C1.O=CO. The van der Waals surface area contributed by atoms with Crippen molar-refractivity contribution in [2.45, 2.75) is 19.8 Å². The van der Waals surface area contributed by atoms with Gasteiger partial charge in [0.2, 0.25) is 0 Å². The average Bonchev–Trinajstić information content (AvgIpc) is 3.08. The largest absolute Gasteiger partial charge is 0.508 e. The van der Waals surface area contributed by atoms with Crippen molar-refractivity contribution in [1.82, 2.24) is 4.90 Å². The number of likely N-dealkylation sites (tertiary alicyclic amines) is 1. The van der Waals surface area contributed by atoms with Crippen LogP contribution in [0.2, 0.25) is 5.02 Å². The zero-order valence-corrected chi connectivity index (χ0v) is 15.3. The molecule has 0 spiro atoms. The Balaban J connectivity index is 0.000000758. The van der Waals surface area contributed by atoms with E-state index in [0.29, 0.717) is 17.0 Å². The van der Waals surface area contributed by atoms with E-state index in [9.17, 15) is 9.90 Å². The first-order chi connectivity index (χ1) is 12.5. The van der Waals surface area contributed by atoms with Crippen molar-refractivity contribution in [1.29, 1.82) is 0 Å². The van der Waals surface area contributed by atoms with Crippen molar-refractivity contribution >= 4 is 24.0 Å². The zero-order chi connectivity index (χ0) is 19.1. The predicted octanol–water partition coefficient (Wildman–Crippen LogP) is 3.76. The third-order valence-electron chi connectivity index (χ3n) is 4.55. The van der Waals surface area contributed by atoms with E-state index < -0.39 is 0 Å². The number of carbonyl (C=O) groups is 2. The maximum atomic E-state index is 12.7. The molecule has 2 N–H and O–H groups in total. The fourth-order valence-corrected chi connectivity index (χ4v) is 3.29. The van der Waals surface area contributed by atoms with Gasteiger partial charge in [0.05, 0.1) is 0 Å². The lowest BCUT2D eigenvalue weighted by Gasteiger charge is -2.18. The second kappa shape index (κ2) is 9.25. The van der Waals surface area contributed by atoms with Gasteiger partial charge in [-0.25, -0.2) is 0 Å². The number of aromatic hydroxyl groups is 1. The second-order valence-electron chi connectivity index (χ2n) is 6.29. The predicted molar refractivity (Wildman–Crippen MR) is 101 cm³/mol. The Morgan fingerprint density at radius 2 is 1.92 bits per heavy atom. The standard InChI is InChI=1S/C19H20ClNO2.CH2O2/c1-13-17(3-2-4-18(13)22)19(23)21-10-9-15(12-21)11-14-5-7-16(20)8-6-14;2-1-3/h2-8,15,22H,9-12H2,1H3;1H,(H,2,3). The van der Waals surface area contributed by atoms with E-state index >= 15 is 0 Å². The van der Waals surface area contributed by atoms with E-state index in [-0.39, 0.29) is 18.1 Å². The van der Waals surface area contributed by atoms with E-state index in [2.05, 4.69) is 0 Å². The topological polar surface area (TPSA) is 77.8 Å². The van der Waals surface area contributed by atoms with E-state index in [1.807, 2.05) is 29.2 Å². The molecule has 26 heavy (non-hydrogen) atoms. The summed E-state index contributed by atoms with van der Waals surface area (Å²) in [5.74, 6) is 0.655. The molecule has 0 saturated carbocycles. The maximum absolute atomic E-state index is 12.7. The van der Waals surface area contributed by atoms with E-state index in [0.717, 1.165) is 31.0 Å². The van der Waals surface area contributed by atoms with Crippen molar-refractivity contribution in [3.05, 3.63) is 64.2 Å². The summed E-state index contributed by atoms with van der Waals surface area (Å²) < 4.78 is 0. The zero-order valence-electron chi connectivity index (χ0n) is 14.6. The molecule has 0 aromatic heterocycles. The fraction of sp³-hybridized carbons (Fsp3) is 0.300. The number of carbonyl (C=O) groups excluding carboxylic acids is 1. The summed E-state index contributed by atoms with van der Waals surface area (Å²) in [7, 11) is 0. The molecule has 1 saturated heterocycles. The van der Waals surface area contributed by atoms with Gasteiger partial charge >= 0.3 is 0 Å². The molecule has 2 aromatic rings. The molecule has 1 aliphatic heterocycles. The molecule has 1 fully saturated rings. The lowest BCUT2D eigenvalue weighted by atomic mass is 9.99. The van der Waals surface area contributed by atoms with Gasteiger partial charge in [-0.2, -0.15) is 0 Å². The summed E-state index contributed by atoms with van der Waals surface area (Å²) in [6, 6.07) is 13.0. The Labute approximate surface area is 157 Å². The Hall–Kier alpha value is -2.53. The van der Waals surface area contributed by atoms with Crippen LogP contribution in [0.15, 0.2) is 42.5 Å². The summed E-state index contributed by atoms with van der Waals surface area (Å²) in [5.41, 5.74) is 2.50. The van der Waals surface area contributed by atoms with Gasteiger partial charge in [0.15, 0.2) is 0 Å². The molecular weight excluding hydrogens is 354 g/mol. The molecule has 3 rings (SSSR count). The van der Waals surface area contributed by atoms with Crippen molar-refractivity contribution in [2.24, 2.45) is 5.92 Å². The number of rotatable bonds is 3. The first kappa shape index (κ1) is 19.8. The number of phenolic OH excluding ortho intramolecular Hbond substituents is 1. The van der Waals surface area contributed by atoms with Crippen LogP contribution in [0.25, 0.3) is 0 Å². The molecule has 1 atom stereocenters. The van der Waals surface area contributed by atoms with Crippen molar-refractivity contribution in [3.63, 3.8) is 0 Å². The number of carboxylic acid groups (broad SMARTS) is 1. The highest BCUT2D eigenvalue weighted by molar-refractivity contribution is 6.30. The third-order valence-corrected chi connectivity index (χ3v) is 4.80. The molecule has 1 amide bonds. The van der Waals surface area contributed by atoms with Crippen LogP contribution in [0.4, 0.5) is 0 Å². The van der Waals surface area contributed by atoms with Gasteiger partial charge in [-0.3, -0.25) is 9.59 Å². The number of phenols is 1. The lowest BCUT2D eigenvalue weighted by Crippen LogP contribution is -2.29. The van der Waals surface area contributed by atoms with Crippen LogP contribution >= 0.6 is 11.6 Å². The van der Waals surface area contributed by atoms with Crippen LogP contribution in [-0.4, -0.2) is 40.6 Å². The summed E-state index contributed by atoms with van der Waals surface area (Å²) in [5, 5.41) is 17.4. The molecular formula is C20H22ClNO4. The molecule has 0 bridgehead atoms. The third kappa shape index (κ3) is 4.99. The van der Waals surface area contributed by atoms with Gasteiger partial charge < -0.3 is 15.1 Å². The highest BCUT2D eigenvalue weighted by Crippen LogP contribution is 2.26. The number of halogens is 1. The van der Waals surface area contributed by atoms with Gasteiger partial charge in [-0.05, 0) is 55.5 Å². The summed E-state index contributed by atoms with van der Waals surface area (Å²) in [6.45, 7) is 3.06. The summed E-state index contributed by atoms with van der Waals surface area (Å²) in [6.07, 6.45) is 1.96. The van der Waals surface area contributed by atoms with E-state index in [4.69, 9.17) is 21.5 Å². The van der Waals surface area contributed by atoms with E-state index in [1.54, 1.807) is 25.1 Å². The van der Waals surface area contributed by atoms with Gasteiger partial charge in [-0.15, -0.1) is 0 Å². The number of nitrogens with zero attached hydrogens (tertiary/aromatic N) is 1. The van der Waals surface area contributed by atoms with Crippen LogP contribution in [0, 0.1) is 12.8 Å². The van der Waals surface area contributed by atoms with Crippen molar-refractivity contribution in [2.75, 3.05) is 13.1 Å². The van der Waals surface area contributed by atoms with Crippen LogP contribution < -0.4 is 0 Å². The van der Waals surface area contributed by atoms with E-state index in [1.165, 1.54) is 5.56 Å². The molecule has 1 heterocycles. The smallest absolute Gasteiger partial charge is 0.290 e. The van der Waals surface area contributed by atoms with Crippen LogP contribution in [0.5, 0.6) is 5.75 Å². The second-order valence-corrected chi connectivity index (χ2v) is 6.73. The highest BCUT2D eigenvalue weighted by Gasteiger charge is 2.28.